The van der Waals surface area contributed by atoms with Crippen molar-refractivity contribution in [1.29, 1.82) is 0 Å². The quantitative estimate of drug-likeness (QED) is 0.224. The van der Waals surface area contributed by atoms with E-state index < -0.39 is 32.4 Å². The minimum Gasteiger partial charge on any atom is -0.451 e. The largest absolute Gasteiger partial charge is 0.451 e. The molecule has 0 aromatic heterocycles. The summed E-state index contributed by atoms with van der Waals surface area (Å²) in [6.07, 6.45) is -1.66. The molecular weight excluding hydrogens is 516 g/mol. The fraction of sp³-hybridized carbons (Fsp3) is 0.412. The molecule has 0 aliphatic heterocycles. The van der Waals surface area contributed by atoms with Gasteiger partial charge in [0.25, 0.3) is 8.32 Å². The molecule has 0 spiro atoms. The summed E-state index contributed by atoms with van der Waals surface area (Å²) in [4.78, 5) is 25.5. The maximum atomic E-state index is 13.1. The van der Waals surface area contributed by atoms with Crippen LogP contribution in [-0.2, 0) is 14.0 Å². The van der Waals surface area contributed by atoms with Gasteiger partial charge in [0, 0.05) is 12.0 Å². The summed E-state index contributed by atoms with van der Waals surface area (Å²) in [5.41, 5.74) is 0.387. The molecule has 0 unspecified atom stereocenters. The Morgan fingerprint density at radius 3 is 1.68 bits per heavy atom. The summed E-state index contributed by atoms with van der Waals surface area (Å²) in [6, 6.07) is 29.5. The highest BCUT2D eigenvalue weighted by atomic mass is 28.4. The number of aliphatic hydroxyl groups excluding tert-OH is 1. The van der Waals surface area contributed by atoms with E-state index in [0.29, 0.717) is 12.0 Å². The van der Waals surface area contributed by atoms with Crippen molar-refractivity contribution in [2.75, 3.05) is 0 Å². The second-order valence-electron chi connectivity index (χ2n) is 11.9. The highest BCUT2D eigenvalue weighted by molar-refractivity contribution is 6.99. The number of esters is 1. The van der Waals surface area contributed by atoms with E-state index in [4.69, 9.17) is 9.16 Å². The minimum atomic E-state index is -2.75. The van der Waals surface area contributed by atoms with Gasteiger partial charge in [0.15, 0.2) is 11.9 Å². The minimum absolute atomic E-state index is 0.0333. The summed E-state index contributed by atoms with van der Waals surface area (Å²) in [5.74, 6) is -1.58. The second kappa shape index (κ2) is 13.5. The van der Waals surface area contributed by atoms with Crippen LogP contribution in [-0.4, -0.2) is 43.5 Å². The summed E-state index contributed by atoms with van der Waals surface area (Å²) in [7, 11) is -2.75. The highest BCUT2D eigenvalue weighted by Crippen LogP contribution is 2.38. The number of rotatable bonds is 12. The molecule has 0 radical (unpaired) electrons. The first kappa shape index (κ1) is 31.5. The van der Waals surface area contributed by atoms with Crippen LogP contribution in [0.2, 0.25) is 5.04 Å². The van der Waals surface area contributed by atoms with Gasteiger partial charge in [-0.15, -0.1) is 0 Å². The number of carbonyl (C=O) groups excluding carboxylic acids is 2. The van der Waals surface area contributed by atoms with Gasteiger partial charge in [0.05, 0.1) is 11.7 Å². The number of ether oxygens (including phenoxy) is 1. The van der Waals surface area contributed by atoms with Crippen molar-refractivity contribution in [1.82, 2.24) is 0 Å². The predicted octanol–water partition coefficient (Wildman–Crippen LogP) is 5.79. The van der Waals surface area contributed by atoms with Crippen LogP contribution in [0.25, 0.3) is 0 Å². The molecule has 0 aliphatic rings. The van der Waals surface area contributed by atoms with Gasteiger partial charge in [0.1, 0.15) is 0 Å². The fourth-order valence-electron chi connectivity index (χ4n) is 5.28. The summed E-state index contributed by atoms with van der Waals surface area (Å²) in [6.45, 7) is 14.1. The third-order valence-corrected chi connectivity index (χ3v) is 13.0. The number of hydrogen-bond acceptors (Lipinski definition) is 5. The van der Waals surface area contributed by atoms with E-state index >= 15 is 0 Å². The van der Waals surface area contributed by atoms with Crippen molar-refractivity contribution >= 4 is 30.4 Å². The lowest BCUT2D eigenvalue weighted by Crippen LogP contribution is -2.68. The van der Waals surface area contributed by atoms with Gasteiger partial charge < -0.3 is 14.3 Å². The van der Waals surface area contributed by atoms with Gasteiger partial charge in [0.2, 0.25) is 0 Å². The van der Waals surface area contributed by atoms with E-state index in [2.05, 4.69) is 83.1 Å². The Hall–Kier alpha value is -3.06. The molecule has 0 aliphatic carbocycles. The monoisotopic (exact) mass is 560 g/mol. The Kier molecular flexibility index (Phi) is 10.6. The maximum absolute atomic E-state index is 13.1. The molecule has 5 nitrogen and oxygen atoms in total. The van der Waals surface area contributed by atoms with Gasteiger partial charge in [-0.3, -0.25) is 4.79 Å². The molecule has 0 saturated heterocycles. The van der Waals surface area contributed by atoms with Gasteiger partial charge in [-0.1, -0.05) is 113 Å². The highest BCUT2D eigenvalue weighted by Gasteiger charge is 2.51. The van der Waals surface area contributed by atoms with Crippen LogP contribution in [0.5, 0.6) is 0 Å². The molecule has 0 heterocycles. The molecule has 3 aromatic rings. The normalized spacial score (nSPS) is 15.9. The average molecular weight is 561 g/mol. The molecule has 3 rings (SSSR count). The smallest absolute Gasteiger partial charge is 0.338 e. The van der Waals surface area contributed by atoms with Gasteiger partial charge in [-0.2, -0.15) is 0 Å². The maximum Gasteiger partial charge on any atom is 0.338 e. The van der Waals surface area contributed by atoms with Crippen LogP contribution >= 0.6 is 0 Å². The van der Waals surface area contributed by atoms with Gasteiger partial charge in [-0.25, -0.2) is 4.79 Å². The van der Waals surface area contributed by atoms with Crippen molar-refractivity contribution in [2.24, 2.45) is 11.8 Å². The van der Waals surface area contributed by atoms with Crippen LogP contribution in [0.4, 0.5) is 0 Å². The molecule has 0 fully saturated rings. The SMILES string of the molecule is C[C@H](OC(=O)c1ccccc1)C(=O)[C@H](C)[C@H](O)C[C@H](C)[C@H](C)O[Si](c1ccccc1)(c1ccccc1)C(C)(C)C. The van der Waals surface area contributed by atoms with E-state index in [1.807, 2.05) is 18.2 Å². The third kappa shape index (κ3) is 7.17. The van der Waals surface area contributed by atoms with Crippen molar-refractivity contribution in [3.05, 3.63) is 96.6 Å². The second-order valence-corrected chi connectivity index (χ2v) is 16.1. The van der Waals surface area contributed by atoms with E-state index in [1.54, 1.807) is 38.1 Å². The molecule has 1 N–H and O–H groups in total. The molecule has 0 amide bonds. The van der Waals surface area contributed by atoms with Crippen molar-refractivity contribution in [3.8, 4) is 0 Å². The summed E-state index contributed by atoms with van der Waals surface area (Å²) >= 11 is 0. The molecule has 6 heteroatoms. The first-order valence-corrected chi connectivity index (χ1v) is 16.1. The number of Topliss-reactive ketones (excluding diaryl/α,β-unsaturated/α-hetero) is 1. The molecular formula is C34H44O5Si. The average Bonchev–Trinajstić information content (AvgIpc) is 2.95. The lowest BCUT2D eigenvalue weighted by Gasteiger charge is -2.45. The van der Waals surface area contributed by atoms with Crippen LogP contribution in [0.15, 0.2) is 91.0 Å². The van der Waals surface area contributed by atoms with Gasteiger partial charge >= 0.3 is 5.97 Å². The van der Waals surface area contributed by atoms with Crippen LogP contribution < -0.4 is 10.4 Å². The summed E-state index contributed by atoms with van der Waals surface area (Å²) in [5, 5.41) is 13.3. The van der Waals surface area contributed by atoms with Crippen molar-refractivity contribution in [2.45, 2.75) is 78.2 Å². The standard InChI is InChI=1S/C34H44O5Si/c1-24(23-31(35)25(2)32(36)27(4)38-33(37)28-17-11-8-12-18-28)26(3)39-40(34(5,6)7,29-19-13-9-14-20-29)30-21-15-10-16-22-30/h8-22,24-27,31,35H,23H2,1-7H3/t24-,25+,26-,27-,31+/m0/s1. The number of aliphatic hydroxyl groups is 1. The lowest BCUT2D eigenvalue weighted by molar-refractivity contribution is -0.134. The Morgan fingerprint density at radius 2 is 1.23 bits per heavy atom. The number of benzene rings is 3. The van der Waals surface area contributed by atoms with Crippen LogP contribution in [0.3, 0.4) is 0 Å². The number of ketones is 1. The van der Waals surface area contributed by atoms with Gasteiger partial charge in [-0.05, 0) is 53.7 Å². The molecule has 5 atom stereocenters. The fourth-order valence-corrected chi connectivity index (χ4v) is 10.1. The van der Waals surface area contributed by atoms with Crippen LogP contribution in [0.1, 0.15) is 65.2 Å². The van der Waals surface area contributed by atoms with Crippen molar-refractivity contribution in [3.63, 3.8) is 0 Å². The molecule has 3 aromatic carbocycles. The number of carbonyl (C=O) groups is 2. The molecule has 214 valence electrons. The Labute approximate surface area is 240 Å². The van der Waals surface area contributed by atoms with E-state index in [-0.39, 0.29) is 22.8 Å². The van der Waals surface area contributed by atoms with E-state index in [9.17, 15) is 14.7 Å². The third-order valence-electron chi connectivity index (χ3n) is 7.91. The zero-order valence-corrected chi connectivity index (χ0v) is 25.8. The zero-order valence-electron chi connectivity index (χ0n) is 24.8. The topological polar surface area (TPSA) is 72.8 Å². The number of hydrogen-bond donors (Lipinski definition) is 1. The van der Waals surface area contributed by atoms with E-state index in [0.717, 1.165) is 0 Å². The molecule has 40 heavy (non-hydrogen) atoms. The zero-order chi connectivity index (χ0) is 29.5. The van der Waals surface area contributed by atoms with E-state index in [1.165, 1.54) is 10.4 Å². The first-order valence-electron chi connectivity index (χ1n) is 14.1. The Bertz CT molecular complexity index is 1180. The first-order chi connectivity index (χ1) is 18.9. The van der Waals surface area contributed by atoms with Crippen molar-refractivity contribution < 1.29 is 23.9 Å². The summed E-state index contributed by atoms with van der Waals surface area (Å²) < 4.78 is 12.6. The molecule has 0 saturated carbocycles. The predicted molar refractivity (Wildman–Crippen MR) is 163 cm³/mol. The lowest BCUT2D eigenvalue weighted by atomic mass is 9.88. The Morgan fingerprint density at radius 1 is 0.775 bits per heavy atom. The molecule has 0 bridgehead atoms. The Balaban J connectivity index is 1.75. The van der Waals surface area contributed by atoms with Crippen LogP contribution in [0, 0.1) is 11.8 Å².